The number of carbonyl (C=O) groups is 1. The fourth-order valence-corrected chi connectivity index (χ4v) is 1.87. The van der Waals surface area contributed by atoms with E-state index in [2.05, 4.69) is 42.7 Å². The van der Waals surface area contributed by atoms with E-state index in [9.17, 15) is 4.79 Å². The highest BCUT2D eigenvalue weighted by atomic mass is 16.1. The van der Waals surface area contributed by atoms with E-state index in [1.807, 2.05) is 24.3 Å². The Morgan fingerprint density at radius 1 is 0.947 bits per heavy atom. The zero-order chi connectivity index (χ0) is 13.8. The number of aryl methyl sites for hydroxylation is 2. The molecule has 0 aliphatic heterocycles. The average molecular weight is 254 g/mol. The molecule has 0 spiro atoms. The number of hydrogen-bond donors (Lipinski definition) is 2. The molecular formula is C16H18N2O. The molecule has 0 heterocycles. The molecule has 2 rings (SSSR count). The second-order valence-corrected chi connectivity index (χ2v) is 4.70. The van der Waals surface area contributed by atoms with Gasteiger partial charge in [0.2, 0.25) is 5.91 Å². The molecular weight excluding hydrogens is 236 g/mol. The van der Waals surface area contributed by atoms with Crippen LogP contribution in [0, 0.1) is 13.8 Å². The number of benzene rings is 2. The quantitative estimate of drug-likeness (QED) is 0.869. The molecule has 0 atom stereocenters. The first-order valence-electron chi connectivity index (χ1n) is 6.26. The Kier molecular flexibility index (Phi) is 3.85. The molecule has 0 radical (unpaired) electrons. The molecule has 2 aromatic carbocycles. The molecule has 3 heteroatoms. The van der Waals surface area contributed by atoms with E-state index in [-0.39, 0.29) is 5.91 Å². The highest BCUT2D eigenvalue weighted by molar-refractivity contribution is 5.88. The lowest BCUT2D eigenvalue weighted by atomic mass is 10.1. The Labute approximate surface area is 113 Å². The number of nitrogens with one attached hydrogen (secondary N) is 2. The first kappa shape index (κ1) is 13.1. The molecule has 2 aromatic rings. The van der Waals surface area contributed by atoms with Crippen LogP contribution in [0.25, 0.3) is 0 Å². The summed E-state index contributed by atoms with van der Waals surface area (Å²) in [4.78, 5) is 10.9. The normalized spacial score (nSPS) is 10.1. The van der Waals surface area contributed by atoms with Gasteiger partial charge in [-0.05, 0) is 55.3 Å². The number of hydrogen-bond acceptors (Lipinski definition) is 2. The van der Waals surface area contributed by atoms with Gasteiger partial charge in [0.1, 0.15) is 0 Å². The predicted octanol–water partition coefficient (Wildman–Crippen LogP) is 4.01. The van der Waals surface area contributed by atoms with E-state index in [4.69, 9.17) is 0 Å². The van der Waals surface area contributed by atoms with Crippen molar-refractivity contribution in [2.45, 2.75) is 20.8 Å². The topological polar surface area (TPSA) is 41.1 Å². The lowest BCUT2D eigenvalue weighted by Crippen LogP contribution is -2.05. The number of carbonyl (C=O) groups excluding carboxylic acids is 1. The molecule has 2 N–H and O–H groups in total. The largest absolute Gasteiger partial charge is 0.355 e. The molecule has 0 fully saturated rings. The van der Waals surface area contributed by atoms with Crippen molar-refractivity contribution in [2.24, 2.45) is 0 Å². The first-order valence-corrected chi connectivity index (χ1v) is 6.26. The van der Waals surface area contributed by atoms with E-state index >= 15 is 0 Å². The zero-order valence-electron chi connectivity index (χ0n) is 11.4. The van der Waals surface area contributed by atoms with Gasteiger partial charge in [0.25, 0.3) is 0 Å². The number of rotatable bonds is 3. The molecule has 19 heavy (non-hydrogen) atoms. The van der Waals surface area contributed by atoms with Gasteiger partial charge in [0.15, 0.2) is 0 Å². The van der Waals surface area contributed by atoms with Gasteiger partial charge in [-0.3, -0.25) is 4.79 Å². The van der Waals surface area contributed by atoms with Gasteiger partial charge in [-0.1, -0.05) is 12.1 Å². The Hall–Kier alpha value is -2.29. The smallest absolute Gasteiger partial charge is 0.221 e. The second-order valence-electron chi connectivity index (χ2n) is 4.70. The Bertz CT molecular complexity index is 588. The fraction of sp³-hybridized carbons (Fsp3) is 0.188. The lowest BCUT2D eigenvalue weighted by molar-refractivity contribution is -0.114. The van der Waals surface area contributed by atoms with Crippen LogP contribution < -0.4 is 10.6 Å². The van der Waals surface area contributed by atoms with Crippen molar-refractivity contribution < 1.29 is 4.79 Å². The van der Waals surface area contributed by atoms with E-state index in [1.54, 1.807) is 0 Å². The van der Waals surface area contributed by atoms with Crippen molar-refractivity contribution in [3.8, 4) is 0 Å². The molecule has 3 nitrogen and oxygen atoms in total. The van der Waals surface area contributed by atoms with E-state index in [0.29, 0.717) is 0 Å². The van der Waals surface area contributed by atoms with Crippen LogP contribution in [-0.2, 0) is 4.79 Å². The minimum atomic E-state index is -0.0600. The van der Waals surface area contributed by atoms with Crippen LogP contribution >= 0.6 is 0 Å². The van der Waals surface area contributed by atoms with Crippen molar-refractivity contribution in [3.05, 3.63) is 53.6 Å². The van der Waals surface area contributed by atoms with E-state index in [0.717, 1.165) is 17.1 Å². The maximum Gasteiger partial charge on any atom is 0.221 e. The fourth-order valence-electron chi connectivity index (χ4n) is 1.87. The molecule has 0 unspecified atom stereocenters. The molecule has 98 valence electrons. The van der Waals surface area contributed by atoms with E-state index in [1.165, 1.54) is 18.1 Å². The summed E-state index contributed by atoms with van der Waals surface area (Å²) >= 11 is 0. The third-order valence-corrected chi connectivity index (χ3v) is 2.88. The predicted molar refractivity (Wildman–Crippen MR) is 79.9 cm³/mol. The van der Waals surface area contributed by atoms with Crippen molar-refractivity contribution >= 4 is 23.0 Å². The van der Waals surface area contributed by atoms with Crippen molar-refractivity contribution in [1.82, 2.24) is 0 Å². The summed E-state index contributed by atoms with van der Waals surface area (Å²) in [7, 11) is 0. The van der Waals surface area contributed by atoms with Crippen molar-refractivity contribution in [1.29, 1.82) is 0 Å². The molecule has 1 amide bonds. The highest BCUT2D eigenvalue weighted by Gasteiger charge is 2.00. The average Bonchev–Trinajstić information content (AvgIpc) is 2.35. The molecule has 0 aromatic heterocycles. The third-order valence-electron chi connectivity index (χ3n) is 2.88. The SMILES string of the molecule is CC(=O)Nc1ccc(Nc2cc(C)ccc2C)cc1. The van der Waals surface area contributed by atoms with Crippen LogP contribution in [-0.4, -0.2) is 5.91 Å². The van der Waals surface area contributed by atoms with E-state index < -0.39 is 0 Å². The lowest BCUT2D eigenvalue weighted by Gasteiger charge is -2.11. The Balaban J connectivity index is 2.15. The third kappa shape index (κ3) is 3.58. The highest BCUT2D eigenvalue weighted by Crippen LogP contribution is 2.22. The van der Waals surface area contributed by atoms with Crippen LogP contribution in [0.2, 0.25) is 0 Å². The maximum absolute atomic E-state index is 10.9. The minimum Gasteiger partial charge on any atom is -0.355 e. The summed E-state index contributed by atoms with van der Waals surface area (Å²) in [6, 6.07) is 14.0. The van der Waals surface area contributed by atoms with Crippen LogP contribution in [0.5, 0.6) is 0 Å². The van der Waals surface area contributed by atoms with Gasteiger partial charge in [-0.2, -0.15) is 0 Å². The number of anilines is 3. The van der Waals surface area contributed by atoms with Gasteiger partial charge in [-0.15, -0.1) is 0 Å². The summed E-state index contributed by atoms with van der Waals surface area (Å²) in [5.74, 6) is -0.0600. The Morgan fingerprint density at radius 2 is 1.58 bits per heavy atom. The molecule has 0 aliphatic rings. The summed E-state index contributed by atoms with van der Waals surface area (Å²) in [5, 5.41) is 6.13. The maximum atomic E-state index is 10.9. The van der Waals surface area contributed by atoms with Gasteiger partial charge in [0.05, 0.1) is 0 Å². The molecule has 0 saturated heterocycles. The van der Waals surface area contributed by atoms with Gasteiger partial charge < -0.3 is 10.6 Å². The molecule has 0 bridgehead atoms. The zero-order valence-corrected chi connectivity index (χ0v) is 11.4. The number of amides is 1. The van der Waals surface area contributed by atoms with Crippen LogP contribution in [0.15, 0.2) is 42.5 Å². The van der Waals surface area contributed by atoms with Gasteiger partial charge >= 0.3 is 0 Å². The summed E-state index contributed by atoms with van der Waals surface area (Å²) in [5.41, 5.74) is 5.34. The van der Waals surface area contributed by atoms with Crippen LogP contribution in [0.1, 0.15) is 18.1 Å². The standard InChI is InChI=1S/C16H18N2O/c1-11-4-5-12(2)16(10-11)18-15-8-6-14(7-9-15)17-13(3)19/h4-10,18H,1-3H3,(H,17,19). The van der Waals surface area contributed by atoms with Gasteiger partial charge in [-0.25, -0.2) is 0 Å². The Morgan fingerprint density at radius 3 is 2.21 bits per heavy atom. The monoisotopic (exact) mass is 254 g/mol. The summed E-state index contributed by atoms with van der Waals surface area (Å²) in [6.07, 6.45) is 0. The summed E-state index contributed by atoms with van der Waals surface area (Å²) < 4.78 is 0. The first-order chi connectivity index (χ1) is 9.04. The van der Waals surface area contributed by atoms with Crippen molar-refractivity contribution in [2.75, 3.05) is 10.6 Å². The summed E-state index contributed by atoms with van der Waals surface area (Å²) in [6.45, 7) is 5.65. The van der Waals surface area contributed by atoms with Gasteiger partial charge in [0, 0.05) is 24.0 Å². The molecule has 0 saturated carbocycles. The van der Waals surface area contributed by atoms with Crippen molar-refractivity contribution in [3.63, 3.8) is 0 Å². The molecule has 0 aliphatic carbocycles. The van der Waals surface area contributed by atoms with Crippen LogP contribution in [0.4, 0.5) is 17.1 Å². The van der Waals surface area contributed by atoms with Crippen LogP contribution in [0.3, 0.4) is 0 Å². The minimum absolute atomic E-state index is 0.0600. The second kappa shape index (κ2) is 5.57.